The van der Waals surface area contributed by atoms with Crippen LogP contribution in [0.15, 0.2) is 54.0 Å². The smallest absolute Gasteiger partial charge is 0.246 e. The quantitative estimate of drug-likeness (QED) is 0.776. The summed E-state index contributed by atoms with van der Waals surface area (Å²) in [5, 5.41) is 5.73. The van der Waals surface area contributed by atoms with Crippen LogP contribution in [0, 0.1) is 0 Å². The van der Waals surface area contributed by atoms with Gasteiger partial charge in [0.05, 0.1) is 5.52 Å². The molecule has 0 bridgehead atoms. The van der Waals surface area contributed by atoms with E-state index in [1.165, 1.54) is 11.3 Å². The molecule has 1 unspecified atom stereocenters. The highest BCUT2D eigenvalue weighted by atomic mass is 32.1. The molecule has 3 N–H and O–H groups in total. The molecule has 1 aromatic carbocycles. The molecule has 0 spiro atoms. The van der Waals surface area contributed by atoms with Crippen LogP contribution in [0.1, 0.15) is 10.9 Å². The Hall–Kier alpha value is -2.24. The number of carbonyl (C=O) groups excluding carboxylic acids is 1. The Morgan fingerprint density at radius 3 is 2.95 bits per heavy atom. The van der Waals surface area contributed by atoms with Gasteiger partial charge in [0.15, 0.2) is 0 Å². The molecule has 100 valence electrons. The van der Waals surface area contributed by atoms with Crippen molar-refractivity contribution in [3.8, 4) is 0 Å². The summed E-state index contributed by atoms with van der Waals surface area (Å²) in [6.45, 7) is 0. The third-order valence-electron chi connectivity index (χ3n) is 3.00. The van der Waals surface area contributed by atoms with Gasteiger partial charge in [-0.25, -0.2) is 0 Å². The molecule has 1 amide bonds. The maximum atomic E-state index is 12.1. The number of hydrogen-bond donors (Lipinski definition) is 2. The lowest BCUT2D eigenvalue weighted by Crippen LogP contribution is -2.26. The van der Waals surface area contributed by atoms with Crippen molar-refractivity contribution >= 4 is 33.8 Å². The number of thiophene rings is 1. The largest absolute Gasteiger partial charge is 0.324 e. The summed E-state index contributed by atoms with van der Waals surface area (Å²) >= 11 is 1.48. The summed E-state index contributed by atoms with van der Waals surface area (Å²) in [6.07, 6.45) is 1.74. The first-order valence-electron chi connectivity index (χ1n) is 6.19. The topological polar surface area (TPSA) is 68.0 Å². The van der Waals surface area contributed by atoms with Gasteiger partial charge in [-0.15, -0.1) is 11.3 Å². The van der Waals surface area contributed by atoms with Gasteiger partial charge in [0, 0.05) is 22.1 Å². The number of aromatic nitrogens is 1. The predicted molar refractivity (Wildman–Crippen MR) is 81.6 cm³/mol. The molecule has 0 radical (unpaired) electrons. The van der Waals surface area contributed by atoms with E-state index in [-0.39, 0.29) is 5.91 Å². The molecular formula is C15H13N3OS. The van der Waals surface area contributed by atoms with E-state index in [1.54, 1.807) is 6.20 Å². The summed E-state index contributed by atoms with van der Waals surface area (Å²) in [5.74, 6) is -0.212. The van der Waals surface area contributed by atoms with Crippen molar-refractivity contribution in [1.82, 2.24) is 4.98 Å². The number of nitrogens with one attached hydrogen (secondary N) is 1. The summed E-state index contributed by atoms with van der Waals surface area (Å²) in [6, 6.07) is 12.5. The molecule has 0 aliphatic carbocycles. The van der Waals surface area contributed by atoms with Crippen LogP contribution in [0.3, 0.4) is 0 Å². The van der Waals surface area contributed by atoms with Gasteiger partial charge in [-0.2, -0.15) is 0 Å². The van der Waals surface area contributed by atoms with E-state index in [2.05, 4.69) is 10.3 Å². The second kappa shape index (κ2) is 5.40. The molecule has 3 aromatic rings. The Morgan fingerprint density at radius 2 is 2.15 bits per heavy atom. The van der Waals surface area contributed by atoms with E-state index in [0.717, 1.165) is 21.5 Å². The van der Waals surface area contributed by atoms with Crippen LogP contribution >= 0.6 is 11.3 Å². The minimum absolute atomic E-state index is 0.212. The number of hydrogen-bond acceptors (Lipinski definition) is 4. The number of pyridine rings is 1. The normalized spacial score (nSPS) is 12.2. The van der Waals surface area contributed by atoms with Crippen LogP contribution < -0.4 is 11.1 Å². The lowest BCUT2D eigenvalue weighted by molar-refractivity contribution is -0.117. The molecular weight excluding hydrogens is 270 g/mol. The molecule has 5 heteroatoms. The van der Waals surface area contributed by atoms with Gasteiger partial charge in [-0.3, -0.25) is 9.78 Å². The van der Waals surface area contributed by atoms with E-state index in [4.69, 9.17) is 5.73 Å². The minimum atomic E-state index is -0.639. The molecule has 0 saturated heterocycles. The number of nitrogens with zero attached hydrogens (tertiary/aromatic N) is 1. The summed E-state index contributed by atoms with van der Waals surface area (Å²) < 4.78 is 0. The number of benzene rings is 1. The van der Waals surface area contributed by atoms with Crippen molar-refractivity contribution < 1.29 is 4.79 Å². The fraction of sp³-hybridized carbons (Fsp3) is 0.0667. The van der Waals surface area contributed by atoms with E-state index in [1.807, 2.05) is 47.8 Å². The van der Waals surface area contributed by atoms with Gasteiger partial charge in [0.1, 0.15) is 6.04 Å². The maximum absolute atomic E-state index is 12.1. The van der Waals surface area contributed by atoms with Gasteiger partial charge in [-0.05, 0) is 35.7 Å². The molecule has 3 rings (SSSR count). The number of carbonyl (C=O) groups is 1. The molecule has 20 heavy (non-hydrogen) atoms. The first kappa shape index (κ1) is 12.8. The predicted octanol–water partition coefficient (Wildman–Crippen LogP) is 2.93. The molecule has 1 atom stereocenters. The zero-order valence-corrected chi connectivity index (χ0v) is 11.4. The molecule has 2 heterocycles. The van der Waals surface area contributed by atoms with Crippen molar-refractivity contribution in [2.24, 2.45) is 5.73 Å². The van der Waals surface area contributed by atoms with Crippen molar-refractivity contribution in [2.75, 3.05) is 5.32 Å². The molecule has 0 fully saturated rings. The highest BCUT2D eigenvalue weighted by Crippen LogP contribution is 2.20. The van der Waals surface area contributed by atoms with Crippen LogP contribution in [-0.2, 0) is 4.79 Å². The highest BCUT2D eigenvalue weighted by Gasteiger charge is 2.16. The van der Waals surface area contributed by atoms with Gasteiger partial charge in [-0.1, -0.05) is 12.1 Å². The SMILES string of the molecule is NC(C(=O)Nc1ccc2ncccc2c1)c1cccs1. The van der Waals surface area contributed by atoms with E-state index >= 15 is 0 Å². The molecule has 0 aliphatic heterocycles. The Balaban J connectivity index is 1.80. The summed E-state index contributed by atoms with van der Waals surface area (Å²) in [4.78, 5) is 17.2. The zero-order valence-electron chi connectivity index (χ0n) is 10.6. The van der Waals surface area contributed by atoms with E-state index in [9.17, 15) is 4.79 Å². The Labute approximate surface area is 120 Å². The summed E-state index contributed by atoms with van der Waals surface area (Å²) in [7, 11) is 0. The minimum Gasteiger partial charge on any atom is -0.324 e. The summed E-state index contributed by atoms with van der Waals surface area (Å²) in [5.41, 5.74) is 7.55. The van der Waals surface area contributed by atoms with Crippen molar-refractivity contribution in [3.05, 3.63) is 58.9 Å². The van der Waals surface area contributed by atoms with Gasteiger partial charge in [0.2, 0.25) is 5.91 Å². The Morgan fingerprint density at radius 1 is 1.25 bits per heavy atom. The lowest BCUT2D eigenvalue weighted by atomic mass is 10.2. The monoisotopic (exact) mass is 283 g/mol. The van der Waals surface area contributed by atoms with Crippen molar-refractivity contribution in [1.29, 1.82) is 0 Å². The lowest BCUT2D eigenvalue weighted by Gasteiger charge is -2.11. The van der Waals surface area contributed by atoms with Crippen molar-refractivity contribution in [3.63, 3.8) is 0 Å². The van der Waals surface area contributed by atoms with Crippen LogP contribution in [0.4, 0.5) is 5.69 Å². The van der Waals surface area contributed by atoms with E-state index in [0.29, 0.717) is 0 Å². The van der Waals surface area contributed by atoms with Crippen LogP contribution in [0.5, 0.6) is 0 Å². The number of anilines is 1. The number of rotatable bonds is 3. The first-order valence-corrected chi connectivity index (χ1v) is 7.06. The third-order valence-corrected chi connectivity index (χ3v) is 3.96. The standard InChI is InChI=1S/C15H13N3OS/c16-14(13-4-2-8-20-13)15(19)18-11-5-6-12-10(9-11)3-1-7-17-12/h1-9,14H,16H2,(H,18,19). The van der Waals surface area contributed by atoms with Gasteiger partial charge < -0.3 is 11.1 Å². The van der Waals surface area contributed by atoms with Crippen molar-refractivity contribution in [2.45, 2.75) is 6.04 Å². The molecule has 0 saturated carbocycles. The molecule has 4 nitrogen and oxygen atoms in total. The number of fused-ring (bicyclic) bond motifs is 1. The van der Waals surface area contributed by atoms with Gasteiger partial charge in [0.25, 0.3) is 0 Å². The average molecular weight is 283 g/mol. The molecule has 0 aliphatic rings. The van der Waals surface area contributed by atoms with Gasteiger partial charge >= 0.3 is 0 Å². The van der Waals surface area contributed by atoms with Crippen LogP contribution in [0.25, 0.3) is 10.9 Å². The fourth-order valence-electron chi connectivity index (χ4n) is 1.97. The van der Waals surface area contributed by atoms with Crippen LogP contribution in [-0.4, -0.2) is 10.9 Å². The molecule has 2 aromatic heterocycles. The average Bonchev–Trinajstić information content (AvgIpc) is 3.00. The Kier molecular flexibility index (Phi) is 3.45. The van der Waals surface area contributed by atoms with Crippen LogP contribution in [0.2, 0.25) is 0 Å². The Bertz CT molecular complexity index is 740. The highest BCUT2D eigenvalue weighted by molar-refractivity contribution is 7.10. The first-order chi connectivity index (χ1) is 9.74. The van der Waals surface area contributed by atoms with E-state index < -0.39 is 6.04 Å². The zero-order chi connectivity index (χ0) is 13.9. The number of nitrogens with two attached hydrogens (primary N) is 1. The fourth-order valence-corrected chi connectivity index (χ4v) is 2.70. The third kappa shape index (κ3) is 2.54. The second-order valence-corrected chi connectivity index (χ2v) is 5.37. The number of amides is 1. The second-order valence-electron chi connectivity index (χ2n) is 4.39. The maximum Gasteiger partial charge on any atom is 0.246 e.